The lowest BCUT2D eigenvalue weighted by molar-refractivity contribution is -0.120. The maximum atomic E-state index is 12.8. The van der Waals surface area contributed by atoms with Crippen molar-refractivity contribution in [3.05, 3.63) is 52.1 Å². The van der Waals surface area contributed by atoms with Crippen LogP contribution in [-0.2, 0) is 27.8 Å². The summed E-state index contributed by atoms with van der Waals surface area (Å²) in [5, 5.41) is 0. The SMILES string of the molecule is COc1cc2c(cc1OC)CN(CC(=O)NS(=O)(=O)c1c(C)cc(C)cc1C)CC2. The lowest BCUT2D eigenvalue weighted by Gasteiger charge is -2.29. The number of nitrogens with zero attached hydrogens (tertiary/aromatic N) is 1. The molecule has 0 saturated heterocycles. The van der Waals surface area contributed by atoms with Crippen LogP contribution in [0.25, 0.3) is 0 Å². The molecule has 0 bridgehead atoms. The third kappa shape index (κ3) is 4.60. The molecule has 1 aliphatic heterocycles. The number of sulfonamides is 1. The van der Waals surface area contributed by atoms with Crippen LogP contribution in [0.2, 0.25) is 0 Å². The average Bonchev–Trinajstić information content (AvgIpc) is 2.65. The Hall–Kier alpha value is -2.58. The summed E-state index contributed by atoms with van der Waals surface area (Å²) in [6.07, 6.45) is 0.742. The van der Waals surface area contributed by atoms with Gasteiger partial charge in [0.15, 0.2) is 11.5 Å². The van der Waals surface area contributed by atoms with Crippen LogP contribution in [0.1, 0.15) is 27.8 Å². The lowest BCUT2D eigenvalue weighted by atomic mass is 9.99. The zero-order valence-electron chi connectivity index (χ0n) is 18.0. The molecule has 2 aromatic rings. The molecule has 0 radical (unpaired) electrons. The van der Waals surface area contributed by atoms with Gasteiger partial charge in [-0.05, 0) is 61.6 Å². The number of rotatable bonds is 6. The topological polar surface area (TPSA) is 84.9 Å². The first-order valence-electron chi connectivity index (χ1n) is 9.74. The fraction of sp³-hybridized carbons (Fsp3) is 0.409. The van der Waals surface area contributed by atoms with Gasteiger partial charge in [0.05, 0.1) is 25.7 Å². The monoisotopic (exact) mass is 432 g/mol. The van der Waals surface area contributed by atoms with Crippen LogP contribution in [-0.4, -0.2) is 46.5 Å². The molecular formula is C22H28N2O5S. The summed E-state index contributed by atoms with van der Waals surface area (Å²) < 4.78 is 38.6. The van der Waals surface area contributed by atoms with Crippen molar-refractivity contribution in [3.63, 3.8) is 0 Å². The fourth-order valence-electron chi connectivity index (χ4n) is 4.10. The number of hydrogen-bond donors (Lipinski definition) is 1. The number of hydrogen-bond acceptors (Lipinski definition) is 6. The zero-order valence-corrected chi connectivity index (χ0v) is 18.9. The minimum Gasteiger partial charge on any atom is -0.493 e. The van der Waals surface area contributed by atoms with E-state index in [-0.39, 0.29) is 11.4 Å². The normalized spacial score (nSPS) is 14.2. The molecule has 0 aromatic heterocycles. The summed E-state index contributed by atoms with van der Waals surface area (Å²) in [7, 11) is -0.751. The Labute approximate surface area is 178 Å². The summed E-state index contributed by atoms with van der Waals surface area (Å²) in [5.41, 5.74) is 4.42. The molecule has 3 rings (SSSR count). The van der Waals surface area contributed by atoms with E-state index < -0.39 is 15.9 Å². The van der Waals surface area contributed by atoms with Gasteiger partial charge in [-0.15, -0.1) is 0 Å². The van der Waals surface area contributed by atoms with Crippen molar-refractivity contribution in [1.29, 1.82) is 0 Å². The number of methoxy groups -OCH3 is 2. The standard InChI is InChI=1S/C22H28N2O5S/c1-14-8-15(2)22(16(3)9-14)30(26,27)23-21(25)13-24-7-6-17-10-19(28-4)20(29-5)11-18(17)12-24/h8-11H,6-7,12-13H2,1-5H3,(H,23,25). The first-order valence-corrected chi connectivity index (χ1v) is 11.2. The Morgan fingerprint density at radius 1 is 1.00 bits per heavy atom. The van der Waals surface area contributed by atoms with E-state index in [0.717, 1.165) is 23.1 Å². The van der Waals surface area contributed by atoms with Crippen LogP contribution in [0.3, 0.4) is 0 Å². The number of amides is 1. The molecule has 0 fully saturated rings. The highest BCUT2D eigenvalue weighted by molar-refractivity contribution is 7.90. The number of ether oxygens (including phenoxy) is 2. The molecule has 8 heteroatoms. The summed E-state index contributed by atoms with van der Waals surface area (Å²) >= 11 is 0. The molecule has 1 N–H and O–H groups in total. The molecule has 1 amide bonds. The van der Waals surface area contributed by atoms with Crippen molar-refractivity contribution >= 4 is 15.9 Å². The van der Waals surface area contributed by atoms with Gasteiger partial charge in [-0.2, -0.15) is 0 Å². The van der Waals surface area contributed by atoms with E-state index in [1.165, 1.54) is 0 Å². The second-order valence-corrected chi connectivity index (χ2v) is 9.31. The van der Waals surface area contributed by atoms with E-state index >= 15 is 0 Å². The number of carbonyl (C=O) groups excluding carboxylic acids is 1. The van der Waals surface area contributed by atoms with Crippen LogP contribution >= 0.6 is 0 Å². The molecule has 7 nitrogen and oxygen atoms in total. The Morgan fingerprint density at radius 3 is 2.13 bits per heavy atom. The van der Waals surface area contributed by atoms with Gasteiger partial charge in [0.2, 0.25) is 5.91 Å². The number of nitrogens with one attached hydrogen (secondary N) is 1. The zero-order chi connectivity index (χ0) is 22.1. The Balaban J connectivity index is 1.72. The predicted molar refractivity (Wildman–Crippen MR) is 115 cm³/mol. The minimum atomic E-state index is -3.93. The van der Waals surface area contributed by atoms with Crippen molar-refractivity contribution in [1.82, 2.24) is 9.62 Å². The second-order valence-electron chi connectivity index (χ2n) is 7.69. The molecule has 1 aliphatic rings. The maximum absolute atomic E-state index is 12.8. The highest BCUT2D eigenvalue weighted by Crippen LogP contribution is 2.33. The van der Waals surface area contributed by atoms with Gasteiger partial charge in [0.1, 0.15) is 0 Å². The van der Waals surface area contributed by atoms with Crippen LogP contribution < -0.4 is 14.2 Å². The van der Waals surface area contributed by atoms with Crippen molar-refractivity contribution in [2.24, 2.45) is 0 Å². The number of aryl methyl sites for hydroxylation is 3. The van der Waals surface area contributed by atoms with Gasteiger partial charge in [-0.3, -0.25) is 9.69 Å². The maximum Gasteiger partial charge on any atom is 0.264 e. The van der Waals surface area contributed by atoms with E-state index in [0.29, 0.717) is 35.7 Å². The summed E-state index contributed by atoms with van der Waals surface area (Å²) in [5.74, 6) is 0.770. The third-order valence-electron chi connectivity index (χ3n) is 5.29. The number of benzene rings is 2. The molecule has 1 heterocycles. The first-order chi connectivity index (χ1) is 14.1. The van der Waals surface area contributed by atoms with Crippen molar-refractivity contribution in [2.45, 2.75) is 38.6 Å². The predicted octanol–water partition coefficient (Wildman–Crippen LogP) is 2.49. The Bertz CT molecular complexity index is 1060. The summed E-state index contributed by atoms with van der Waals surface area (Å²) in [6, 6.07) is 7.47. The van der Waals surface area contributed by atoms with Gasteiger partial charge < -0.3 is 9.47 Å². The third-order valence-corrected chi connectivity index (χ3v) is 6.96. The van der Waals surface area contributed by atoms with Crippen LogP contribution in [0.15, 0.2) is 29.2 Å². The summed E-state index contributed by atoms with van der Waals surface area (Å²) in [4.78, 5) is 14.6. The van der Waals surface area contributed by atoms with Gasteiger partial charge in [-0.1, -0.05) is 17.7 Å². The molecule has 0 aliphatic carbocycles. The molecule has 2 aromatic carbocycles. The molecule has 30 heavy (non-hydrogen) atoms. The highest BCUT2D eigenvalue weighted by atomic mass is 32.2. The number of fused-ring (bicyclic) bond motifs is 1. The quantitative estimate of drug-likeness (QED) is 0.755. The lowest BCUT2D eigenvalue weighted by Crippen LogP contribution is -2.42. The van der Waals surface area contributed by atoms with Gasteiger partial charge in [0, 0.05) is 13.1 Å². The van der Waals surface area contributed by atoms with Crippen molar-refractivity contribution < 1.29 is 22.7 Å². The van der Waals surface area contributed by atoms with Crippen molar-refractivity contribution in [2.75, 3.05) is 27.3 Å². The molecule has 0 saturated carbocycles. The molecule has 0 spiro atoms. The van der Waals surface area contributed by atoms with E-state index in [2.05, 4.69) is 4.72 Å². The van der Waals surface area contributed by atoms with Crippen LogP contribution in [0.4, 0.5) is 0 Å². The largest absolute Gasteiger partial charge is 0.493 e. The highest BCUT2D eigenvalue weighted by Gasteiger charge is 2.25. The van der Waals surface area contributed by atoms with E-state index in [9.17, 15) is 13.2 Å². The summed E-state index contributed by atoms with van der Waals surface area (Å²) in [6.45, 7) is 6.57. The Morgan fingerprint density at radius 2 is 1.57 bits per heavy atom. The smallest absolute Gasteiger partial charge is 0.264 e. The van der Waals surface area contributed by atoms with E-state index in [1.54, 1.807) is 40.2 Å². The van der Waals surface area contributed by atoms with E-state index in [4.69, 9.17) is 9.47 Å². The van der Waals surface area contributed by atoms with Gasteiger partial charge in [-0.25, -0.2) is 13.1 Å². The molecular weight excluding hydrogens is 404 g/mol. The average molecular weight is 433 g/mol. The molecule has 162 valence electrons. The van der Waals surface area contributed by atoms with E-state index in [1.807, 2.05) is 24.0 Å². The van der Waals surface area contributed by atoms with Crippen molar-refractivity contribution in [3.8, 4) is 11.5 Å². The molecule has 0 unspecified atom stereocenters. The van der Waals surface area contributed by atoms with Gasteiger partial charge >= 0.3 is 0 Å². The first kappa shape index (κ1) is 22.1. The van der Waals surface area contributed by atoms with Crippen LogP contribution in [0, 0.1) is 20.8 Å². The molecule has 0 atom stereocenters. The Kier molecular flexibility index (Phi) is 6.38. The van der Waals surface area contributed by atoms with Gasteiger partial charge in [0.25, 0.3) is 10.0 Å². The number of carbonyl (C=O) groups is 1. The second kappa shape index (κ2) is 8.65. The fourth-order valence-corrected chi connectivity index (χ4v) is 5.54. The van der Waals surface area contributed by atoms with Crippen LogP contribution in [0.5, 0.6) is 11.5 Å². The minimum absolute atomic E-state index is 0.00300.